The van der Waals surface area contributed by atoms with E-state index in [2.05, 4.69) is 14.8 Å². The molecule has 0 radical (unpaired) electrons. The number of halogens is 1. The second-order valence-corrected chi connectivity index (χ2v) is 4.64. The van der Waals surface area contributed by atoms with E-state index in [0.717, 1.165) is 5.56 Å². The van der Waals surface area contributed by atoms with Gasteiger partial charge in [-0.2, -0.15) is 0 Å². The largest absolute Gasteiger partial charge is 0.469 e. The molecule has 5 nitrogen and oxygen atoms in total. The van der Waals surface area contributed by atoms with Gasteiger partial charge in [0.2, 0.25) is 0 Å². The highest BCUT2D eigenvalue weighted by Gasteiger charge is 2.18. The Balaban J connectivity index is 2.61. The van der Waals surface area contributed by atoms with Gasteiger partial charge in [0, 0.05) is 17.6 Å². The summed E-state index contributed by atoms with van der Waals surface area (Å²) in [7, 11) is 2.62. The van der Waals surface area contributed by atoms with E-state index in [9.17, 15) is 9.59 Å². The lowest BCUT2D eigenvalue weighted by Crippen LogP contribution is -2.34. The molecule has 0 saturated heterocycles. The first-order valence-corrected chi connectivity index (χ1v) is 6.55. The molecule has 0 aliphatic carbocycles. The number of esters is 2. The molecule has 1 rings (SSSR count). The minimum absolute atomic E-state index is 0.0933. The van der Waals surface area contributed by atoms with Crippen molar-refractivity contribution in [1.29, 1.82) is 0 Å². The molecule has 0 saturated carbocycles. The topological polar surface area (TPSA) is 64.6 Å². The number of methoxy groups -OCH3 is 2. The van der Waals surface area contributed by atoms with Gasteiger partial charge in [-0.15, -0.1) is 0 Å². The molecule has 0 unspecified atom stereocenters. The highest BCUT2D eigenvalue weighted by molar-refractivity contribution is 6.31. The Hall–Kier alpha value is -1.59. The van der Waals surface area contributed by atoms with Crippen LogP contribution in [0.2, 0.25) is 5.02 Å². The lowest BCUT2D eigenvalue weighted by Gasteiger charge is -2.17. The van der Waals surface area contributed by atoms with E-state index in [0.29, 0.717) is 11.6 Å². The first kappa shape index (κ1) is 16.5. The number of nitrogens with one attached hydrogen (secondary N) is 1. The van der Waals surface area contributed by atoms with E-state index in [1.807, 2.05) is 18.2 Å². The van der Waals surface area contributed by atoms with Crippen LogP contribution in [0.15, 0.2) is 24.3 Å². The Morgan fingerprint density at radius 1 is 1.15 bits per heavy atom. The van der Waals surface area contributed by atoms with Crippen molar-refractivity contribution in [2.24, 2.45) is 0 Å². The SMILES string of the molecule is COC(=O)CC(CC(=O)OC)NCc1ccccc1Cl. The van der Waals surface area contributed by atoms with Crippen LogP contribution in [-0.4, -0.2) is 32.2 Å². The zero-order valence-corrected chi connectivity index (χ0v) is 12.3. The van der Waals surface area contributed by atoms with Crippen LogP contribution in [0.3, 0.4) is 0 Å². The maximum absolute atomic E-state index is 11.3. The fraction of sp³-hybridized carbons (Fsp3) is 0.429. The van der Waals surface area contributed by atoms with Gasteiger partial charge in [-0.3, -0.25) is 9.59 Å². The van der Waals surface area contributed by atoms with E-state index in [1.54, 1.807) is 6.07 Å². The lowest BCUT2D eigenvalue weighted by atomic mass is 10.1. The van der Waals surface area contributed by atoms with Gasteiger partial charge >= 0.3 is 11.9 Å². The summed E-state index contributed by atoms with van der Waals surface area (Å²) >= 11 is 6.05. The molecule has 1 aromatic carbocycles. The van der Waals surface area contributed by atoms with Crippen LogP contribution in [0.5, 0.6) is 0 Å². The zero-order chi connectivity index (χ0) is 15.0. The monoisotopic (exact) mass is 299 g/mol. The molecule has 6 heteroatoms. The van der Waals surface area contributed by atoms with Crippen LogP contribution in [-0.2, 0) is 25.6 Å². The second-order valence-electron chi connectivity index (χ2n) is 4.23. The van der Waals surface area contributed by atoms with E-state index >= 15 is 0 Å². The number of hydrogen-bond donors (Lipinski definition) is 1. The van der Waals surface area contributed by atoms with Crippen molar-refractivity contribution in [2.45, 2.75) is 25.4 Å². The first-order chi connectivity index (χ1) is 9.56. The molecule has 0 spiro atoms. The highest BCUT2D eigenvalue weighted by Crippen LogP contribution is 2.15. The van der Waals surface area contributed by atoms with Crippen LogP contribution >= 0.6 is 11.6 Å². The summed E-state index contributed by atoms with van der Waals surface area (Å²) < 4.78 is 9.23. The fourth-order valence-electron chi connectivity index (χ4n) is 1.68. The maximum Gasteiger partial charge on any atom is 0.307 e. The normalized spacial score (nSPS) is 10.4. The van der Waals surface area contributed by atoms with Gasteiger partial charge in [-0.05, 0) is 11.6 Å². The van der Waals surface area contributed by atoms with Crippen LogP contribution < -0.4 is 5.32 Å². The Morgan fingerprint density at radius 3 is 2.20 bits per heavy atom. The van der Waals surface area contributed by atoms with Crippen molar-refractivity contribution in [3.8, 4) is 0 Å². The Labute approximate surface area is 123 Å². The van der Waals surface area contributed by atoms with E-state index < -0.39 is 0 Å². The average molecular weight is 300 g/mol. The molecule has 0 aliphatic heterocycles. The predicted molar refractivity (Wildman–Crippen MR) is 75.3 cm³/mol. The standard InChI is InChI=1S/C14H18ClNO4/c1-19-13(17)7-11(8-14(18)20-2)16-9-10-5-3-4-6-12(10)15/h3-6,11,16H,7-9H2,1-2H3. The highest BCUT2D eigenvalue weighted by atomic mass is 35.5. The first-order valence-electron chi connectivity index (χ1n) is 6.17. The summed E-state index contributed by atoms with van der Waals surface area (Å²) in [5.74, 6) is -0.767. The Bertz CT molecular complexity index is 446. The summed E-state index contributed by atoms with van der Waals surface area (Å²) in [5, 5.41) is 3.76. The molecule has 0 amide bonds. The van der Waals surface area contributed by atoms with Gasteiger partial charge in [0.25, 0.3) is 0 Å². The van der Waals surface area contributed by atoms with Gasteiger partial charge in [-0.1, -0.05) is 29.8 Å². The van der Waals surface area contributed by atoms with Crippen molar-refractivity contribution in [3.05, 3.63) is 34.9 Å². The quantitative estimate of drug-likeness (QED) is 0.779. The van der Waals surface area contributed by atoms with Crippen molar-refractivity contribution in [2.75, 3.05) is 14.2 Å². The van der Waals surface area contributed by atoms with Gasteiger partial charge < -0.3 is 14.8 Å². The van der Waals surface area contributed by atoms with Crippen LogP contribution in [0.4, 0.5) is 0 Å². The molecule has 0 fully saturated rings. The summed E-state index contributed by atoms with van der Waals surface area (Å²) in [6.07, 6.45) is 0.187. The molecule has 20 heavy (non-hydrogen) atoms. The minimum Gasteiger partial charge on any atom is -0.469 e. The number of benzene rings is 1. The maximum atomic E-state index is 11.3. The molecule has 1 N–H and O–H groups in total. The summed E-state index contributed by atoms with van der Waals surface area (Å²) in [6, 6.07) is 7.02. The Kier molecular flexibility index (Phi) is 7.04. The third-order valence-corrected chi connectivity index (χ3v) is 3.19. The molecular weight excluding hydrogens is 282 g/mol. The van der Waals surface area contributed by atoms with Crippen LogP contribution in [0.25, 0.3) is 0 Å². The minimum atomic E-state index is -0.384. The number of carbonyl (C=O) groups is 2. The lowest BCUT2D eigenvalue weighted by molar-refractivity contribution is -0.143. The summed E-state index contributed by atoms with van der Waals surface area (Å²) in [5.41, 5.74) is 0.897. The van der Waals surface area contributed by atoms with Gasteiger partial charge in [0.05, 0.1) is 27.1 Å². The third kappa shape index (κ3) is 5.59. The summed E-state index contributed by atoms with van der Waals surface area (Å²) in [6.45, 7) is 0.457. The molecule has 0 bridgehead atoms. The van der Waals surface area contributed by atoms with E-state index in [1.165, 1.54) is 14.2 Å². The molecular formula is C14H18ClNO4. The van der Waals surface area contributed by atoms with E-state index in [-0.39, 0.29) is 30.8 Å². The number of hydrogen-bond acceptors (Lipinski definition) is 5. The smallest absolute Gasteiger partial charge is 0.307 e. The Morgan fingerprint density at radius 2 is 1.70 bits per heavy atom. The second kappa shape index (κ2) is 8.55. The van der Waals surface area contributed by atoms with Gasteiger partial charge in [0.15, 0.2) is 0 Å². The number of carbonyl (C=O) groups excluding carboxylic acids is 2. The molecule has 1 aromatic rings. The average Bonchev–Trinajstić information content (AvgIpc) is 2.45. The predicted octanol–water partition coefficient (Wildman–Crippen LogP) is 1.92. The van der Waals surface area contributed by atoms with Crippen molar-refractivity contribution >= 4 is 23.5 Å². The van der Waals surface area contributed by atoms with Crippen molar-refractivity contribution in [3.63, 3.8) is 0 Å². The van der Waals surface area contributed by atoms with Crippen molar-refractivity contribution < 1.29 is 19.1 Å². The molecule has 110 valence electrons. The molecule has 0 atom stereocenters. The van der Waals surface area contributed by atoms with Crippen LogP contribution in [0, 0.1) is 0 Å². The van der Waals surface area contributed by atoms with Crippen LogP contribution in [0.1, 0.15) is 18.4 Å². The third-order valence-electron chi connectivity index (χ3n) is 2.82. The fourth-order valence-corrected chi connectivity index (χ4v) is 1.88. The number of rotatable bonds is 7. The van der Waals surface area contributed by atoms with Gasteiger partial charge in [-0.25, -0.2) is 0 Å². The van der Waals surface area contributed by atoms with Gasteiger partial charge in [0.1, 0.15) is 0 Å². The molecule has 0 heterocycles. The van der Waals surface area contributed by atoms with E-state index in [4.69, 9.17) is 11.6 Å². The zero-order valence-electron chi connectivity index (χ0n) is 11.5. The molecule has 0 aromatic heterocycles. The van der Waals surface area contributed by atoms with Crippen molar-refractivity contribution in [1.82, 2.24) is 5.32 Å². The molecule has 0 aliphatic rings. The summed E-state index contributed by atoms with van der Waals surface area (Å²) in [4.78, 5) is 22.7. The number of ether oxygens (including phenoxy) is 2.